The minimum absolute atomic E-state index is 0.366. The molecule has 0 aromatic carbocycles. The van der Waals surface area contributed by atoms with E-state index in [-0.39, 0.29) is 0 Å². The van der Waals surface area contributed by atoms with Crippen LogP contribution in [0.2, 0.25) is 0 Å². The lowest BCUT2D eigenvalue weighted by Gasteiger charge is -2.34. The van der Waals surface area contributed by atoms with Crippen LogP contribution in [0.15, 0.2) is 0 Å². The fourth-order valence-corrected chi connectivity index (χ4v) is 1.74. The summed E-state index contributed by atoms with van der Waals surface area (Å²) in [6, 6.07) is 0.521. The minimum Gasteiger partial charge on any atom is -0.374 e. The van der Waals surface area contributed by atoms with Gasteiger partial charge in [0, 0.05) is 19.1 Å². The van der Waals surface area contributed by atoms with Crippen LogP contribution in [0.4, 0.5) is 0 Å². The van der Waals surface area contributed by atoms with Crippen molar-refractivity contribution < 1.29 is 4.74 Å². The van der Waals surface area contributed by atoms with Crippen LogP contribution in [0.25, 0.3) is 0 Å². The van der Waals surface area contributed by atoms with Gasteiger partial charge >= 0.3 is 0 Å². The first kappa shape index (κ1) is 11.0. The first-order valence-electron chi connectivity index (χ1n) is 5.28. The summed E-state index contributed by atoms with van der Waals surface area (Å²) < 4.78 is 5.70. The lowest BCUT2D eigenvalue weighted by molar-refractivity contribution is -0.0199. The quantitative estimate of drug-likeness (QED) is 0.699. The molecule has 2 atom stereocenters. The van der Waals surface area contributed by atoms with Crippen molar-refractivity contribution in [3.63, 3.8) is 0 Å². The molecular weight excluding hydrogens is 164 g/mol. The predicted molar refractivity (Wildman–Crippen MR) is 55.0 cm³/mol. The number of nitrogens with one attached hydrogen (secondary N) is 1. The van der Waals surface area contributed by atoms with E-state index in [0.29, 0.717) is 12.1 Å². The lowest BCUT2D eigenvalue weighted by Crippen LogP contribution is -2.50. The fraction of sp³-hybridized carbons (Fsp3) is 1.00. The van der Waals surface area contributed by atoms with Gasteiger partial charge in [0.1, 0.15) is 0 Å². The number of morpholine rings is 1. The van der Waals surface area contributed by atoms with E-state index < -0.39 is 0 Å². The third kappa shape index (κ3) is 3.25. The normalized spacial score (nSPS) is 26.3. The number of nitrogens with zero attached hydrogens (tertiary/aromatic N) is 1. The van der Waals surface area contributed by atoms with Crippen molar-refractivity contribution >= 4 is 0 Å². The van der Waals surface area contributed by atoms with E-state index in [0.717, 1.165) is 26.2 Å². The Labute approximate surface area is 81.4 Å². The smallest absolute Gasteiger partial charge is 0.0852 e. The van der Waals surface area contributed by atoms with E-state index in [9.17, 15) is 0 Å². The summed E-state index contributed by atoms with van der Waals surface area (Å²) in [5.41, 5.74) is 0. The molecule has 1 fully saturated rings. The van der Waals surface area contributed by atoms with Gasteiger partial charge in [-0.25, -0.2) is 0 Å². The maximum Gasteiger partial charge on any atom is 0.0852 e. The molecule has 13 heavy (non-hydrogen) atoms. The zero-order valence-electron chi connectivity index (χ0n) is 9.05. The molecule has 2 unspecified atom stereocenters. The van der Waals surface area contributed by atoms with Gasteiger partial charge in [0.2, 0.25) is 0 Å². The topological polar surface area (TPSA) is 24.5 Å². The number of rotatable bonds is 4. The van der Waals surface area contributed by atoms with Crippen molar-refractivity contribution in [3.05, 3.63) is 0 Å². The highest BCUT2D eigenvalue weighted by molar-refractivity contribution is 4.78. The molecule has 1 heterocycles. The van der Waals surface area contributed by atoms with Gasteiger partial charge in [0.05, 0.1) is 12.7 Å². The molecule has 0 amide bonds. The van der Waals surface area contributed by atoms with Crippen LogP contribution in [0.5, 0.6) is 0 Å². The molecule has 0 bridgehead atoms. The van der Waals surface area contributed by atoms with Crippen LogP contribution < -0.4 is 5.32 Å². The second kappa shape index (κ2) is 5.58. The Kier molecular flexibility index (Phi) is 4.70. The second-order valence-corrected chi connectivity index (χ2v) is 3.83. The summed E-state index contributed by atoms with van der Waals surface area (Å²) in [6.07, 6.45) is 1.58. The molecule has 0 aromatic heterocycles. The number of ether oxygens (including phenoxy) is 1. The minimum atomic E-state index is 0.366. The summed E-state index contributed by atoms with van der Waals surface area (Å²) in [7, 11) is 2.17. The molecule has 0 radical (unpaired) electrons. The molecule has 0 saturated carbocycles. The van der Waals surface area contributed by atoms with Crippen molar-refractivity contribution in [2.75, 3.05) is 33.3 Å². The van der Waals surface area contributed by atoms with Crippen molar-refractivity contribution in [2.24, 2.45) is 0 Å². The van der Waals surface area contributed by atoms with Gasteiger partial charge in [0.15, 0.2) is 0 Å². The number of hydrogen-bond donors (Lipinski definition) is 1. The monoisotopic (exact) mass is 186 g/mol. The second-order valence-electron chi connectivity index (χ2n) is 3.83. The largest absolute Gasteiger partial charge is 0.374 e. The Bertz CT molecular complexity index is 135. The van der Waals surface area contributed by atoms with Gasteiger partial charge in [-0.3, -0.25) is 0 Å². The van der Waals surface area contributed by atoms with Crippen LogP contribution in [0.1, 0.15) is 20.3 Å². The van der Waals surface area contributed by atoms with E-state index in [4.69, 9.17) is 4.74 Å². The summed E-state index contributed by atoms with van der Waals surface area (Å²) in [5.74, 6) is 0. The van der Waals surface area contributed by atoms with E-state index in [1.165, 1.54) is 6.42 Å². The highest BCUT2D eigenvalue weighted by Gasteiger charge is 2.22. The first-order valence-corrected chi connectivity index (χ1v) is 5.28. The number of likely N-dealkylation sites (N-methyl/N-ethyl adjacent to an activating group) is 1. The maximum absolute atomic E-state index is 5.70. The maximum atomic E-state index is 5.70. The highest BCUT2D eigenvalue weighted by Crippen LogP contribution is 2.08. The Morgan fingerprint density at radius 3 is 2.92 bits per heavy atom. The van der Waals surface area contributed by atoms with Gasteiger partial charge < -0.3 is 15.0 Å². The molecule has 1 aliphatic rings. The Morgan fingerprint density at radius 2 is 2.38 bits per heavy atom. The van der Waals surface area contributed by atoms with E-state index in [2.05, 4.69) is 31.1 Å². The molecule has 0 aliphatic carbocycles. The fourth-order valence-electron chi connectivity index (χ4n) is 1.74. The lowest BCUT2D eigenvalue weighted by atomic mass is 10.1. The summed E-state index contributed by atoms with van der Waals surface area (Å²) in [4.78, 5) is 2.37. The standard InChI is InChI=1S/C10H22N2O/c1-4-6-12(3)9(2)10-8-11-5-7-13-10/h9-11H,4-8H2,1-3H3. The average molecular weight is 186 g/mol. The van der Waals surface area contributed by atoms with Gasteiger partial charge in [-0.15, -0.1) is 0 Å². The first-order chi connectivity index (χ1) is 6.25. The van der Waals surface area contributed by atoms with Gasteiger partial charge in [-0.1, -0.05) is 6.92 Å². The molecule has 0 spiro atoms. The zero-order valence-corrected chi connectivity index (χ0v) is 9.05. The SMILES string of the molecule is CCCN(C)C(C)C1CNCCO1. The highest BCUT2D eigenvalue weighted by atomic mass is 16.5. The van der Waals surface area contributed by atoms with Gasteiger partial charge in [-0.2, -0.15) is 0 Å². The van der Waals surface area contributed by atoms with Crippen LogP contribution in [0, 0.1) is 0 Å². The van der Waals surface area contributed by atoms with Crippen molar-refractivity contribution in [1.82, 2.24) is 10.2 Å². The molecule has 3 nitrogen and oxygen atoms in total. The van der Waals surface area contributed by atoms with Crippen LogP contribution >= 0.6 is 0 Å². The molecule has 1 rings (SSSR count). The zero-order chi connectivity index (χ0) is 9.68. The molecule has 3 heteroatoms. The van der Waals surface area contributed by atoms with E-state index in [1.807, 2.05) is 0 Å². The third-order valence-electron chi connectivity index (χ3n) is 2.77. The van der Waals surface area contributed by atoms with Crippen molar-refractivity contribution in [2.45, 2.75) is 32.4 Å². The molecule has 78 valence electrons. The van der Waals surface area contributed by atoms with Crippen molar-refractivity contribution in [3.8, 4) is 0 Å². The van der Waals surface area contributed by atoms with Crippen LogP contribution in [0.3, 0.4) is 0 Å². The third-order valence-corrected chi connectivity index (χ3v) is 2.77. The predicted octanol–water partition coefficient (Wildman–Crippen LogP) is 0.705. The van der Waals surface area contributed by atoms with E-state index in [1.54, 1.807) is 0 Å². The number of hydrogen-bond acceptors (Lipinski definition) is 3. The molecule has 1 N–H and O–H groups in total. The van der Waals surface area contributed by atoms with Crippen LogP contribution in [-0.2, 0) is 4.74 Å². The summed E-state index contributed by atoms with van der Waals surface area (Å²) in [6.45, 7) is 8.46. The van der Waals surface area contributed by atoms with E-state index >= 15 is 0 Å². The molecule has 1 aliphatic heterocycles. The molecule has 0 aromatic rings. The van der Waals surface area contributed by atoms with Gasteiger partial charge in [0.25, 0.3) is 0 Å². The average Bonchev–Trinajstić information content (AvgIpc) is 2.18. The Hall–Kier alpha value is -0.120. The Balaban J connectivity index is 2.31. The van der Waals surface area contributed by atoms with Crippen LogP contribution in [-0.4, -0.2) is 50.3 Å². The Morgan fingerprint density at radius 1 is 1.62 bits per heavy atom. The van der Waals surface area contributed by atoms with Crippen molar-refractivity contribution in [1.29, 1.82) is 0 Å². The summed E-state index contributed by atoms with van der Waals surface area (Å²) in [5, 5.41) is 3.36. The molecule has 1 saturated heterocycles. The summed E-state index contributed by atoms with van der Waals surface area (Å²) >= 11 is 0. The molecular formula is C10H22N2O. The van der Waals surface area contributed by atoms with Gasteiger partial charge in [-0.05, 0) is 26.9 Å².